The Labute approximate surface area is 204 Å². The first-order valence-corrected chi connectivity index (χ1v) is 12.8. The zero-order valence-electron chi connectivity index (χ0n) is 19.5. The lowest BCUT2D eigenvalue weighted by atomic mass is 9.99. The van der Waals surface area contributed by atoms with Gasteiger partial charge in [0.15, 0.2) is 6.61 Å². The molecule has 10 heteroatoms. The van der Waals surface area contributed by atoms with Crippen LogP contribution in [-0.2, 0) is 14.8 Å². The van der Waals surface area contributed by atoms with Crippen LogP contribution in [0.3, 0.4) is 0 Å². The molecule has 0 unspecified atom stereocenters. The van der Waals surface area contributed by atoms with Crippen molar-refractivity contribution >= 4 is 27.0 Å². The minimum atomic E-state index is -3.67. The van der Waals surface area contributed by atoms with Gasteiger partial charge >= 0.3 is 0 Å². The van der Waals surface area contributed by atoms with Gasteiger partial charge in [-0.25, -0.2) is 8.42 Å². The van der Waals surface area contributed by atoms with Gasteiger partial charge in [-0.1, -0.05) is 79.4 Å². The van der Waals surface area contributed by atoms with Crippen molar-refractivity contribution < 1.29 is 18.0 Å². The van der Waals surface area contributed by atoms with Gasteiger partial charge in [0, 0.05) is 13.1 Å². The number of carbonyl (C=O) groups excluding carboxylic acids is 1. The maximum absolute atomic E-state index is 12.9. The van der Waals surface area contributed by atoms with Crippen molar-refractivity contribution in [3.05, 3.63) is 90.0 Å². The van der Waals surface area contributed by atoms with E-state index in [1.807, 2.05) is 60.7 Å². The van der Waals surface area contributed by atoms with Crippen LogP contribution in [0.2, 0.25) is 0 Å². The van der Waals surface area contributed by atoms with Crippen molar-refractivity contribution in [3.63, 3.8) is 0 Å². The van der Waals surface area contributed by atoms with Crippen molar-refractivity contribution in [3.8, 4) is 0 Å². The van der Waals surface area contributed by atoms with Gasteiger partial charge < -0.3 is 10.2 Å². The maximum Gasteiger partial charge on any atom is 0.261 e. The van der Waals surface area contributed by atoms with Crippen LogP contribution in [0, 0.1) is 0 Å². The number of nitrogens with one attached hydrogen (secondary N) is 1. The van der Waals surface area contributed by atoms with Crippen molar-refractivity contribution in [2.75, 3.05) is 19.7 Å². The Balaban J connectivity index is 1.52. The van der Waals surface area contributed by atoms with Crippen LogP contribution in [0.5, 0.6) is 0 Å². The predicted octanol–water partition coefficient (Wildman–Crippen LogP) is 2.80. The number of fused-ring (bicyclic) bond motifs is 1. The monoisotopic (exact) mass is 493 g/mol. The van der Waals surface area contributed by atoms with E-state index in [0.717, 1.165) is 16.0 Å². The fraction of sp³-hybridized carbons (Fsp3) is 0.240. The third-order valence-electron chi connectivity index (χ3n) is 5.62. The summed E-state index contributed by atoms with van der Waals surface area (Å²) < 4.78 is 27.2. The number of aromatic nitrogens is 3. The third kappa shape index (κ3) is 5.33. The average Bonchev–Trinajstić information content (AvgIpc) is 3.30. The molecule has 0 spiro atoms. The van der Waals surface area contributed by atoms with Gasteiger partial charge in [0.05, 0.1) is 10.9 Å². The van der Waals surface area contributed by atoms with Gasteiger partial charge in [-0.05, 0) is 34.5 Å². The molecule has 0 aliphatic rings. The fourth-order valence-corrected chi connectivity index (χ4v) is 5.30. The van der Waals surface area contributed by atoms with Crippen LogP contribution in [-0.4, -0.2) is 53.5 Å². The SMILES string of the molecule is CCN(CC)S(=O)(=O)c1ccc2nnn(OCC(=O)NC(c3ccccc3)c3ccccc3)c2c1. The van der Waals surface area contributed by atoms with Crippen LogP contribution in [0.25, 0.3) is 11.0 Å². The highest BCUT2D eigenvalue weighted by atomic mass is 32.2. The third-order valence-corrected chi connectivity index (χ3v) is 7.66. The molecule has 3 aromatic carbocycles. The van der Waals surface area contributed by atoms with Crippen molar-refractivity contribution in [2.24, 2.45) is 0 Å². The molecule has 0 aliphatic heterocycles. The Kier molecular flexibility index (Phi) is 7.42. The van der Waals surface area contributed by atoms with Crippen LogP contribution >= 0.6 is 0 Å². The molecule has 1 amide bonds. The van der Waals surface area contributed by atoms with Crippen LogP contribution < -0.4 is 10.2 Å². The van der Waals surface area contributed by atoms with Crippen LogP contribution in [0.1, 0.15) is 31.0 Å². The van der Waals surface area contributed by atoms with Crippen molar-refractivity contribution in [1.82, 2.24) is 24.8 Å². The molecule has 4 aromatic rings. The lowest BCUT2D eigenvalue weighted by molar-refractivity contribution is -0.126. The predicted molar refractivity (Wildman–Crippen MR) is 132 cm³/mol. The zero-order valence-corrected chi connectivity index (χ0v) is 20.4. The normalized spacial score (nSPS) is 11.8. The number of carbonyl (C=O) groups is 1. The molecule has 0 saturated heterocycles. The van der Waals surface area contributed by atoms with E-state index >= 15 is 0 Å². The Morgan fingerprint density at radius 3 is 2.14 bits per heavy atom. The highest BCUT2D eigenvalue weighted by molar-refractivity contribution is 7.89. The molecule has 35 heavy (non-hydrogen) atoms. The molecule has 0 aliphatic carbocycles. The largest absolute Gasteiger partial charge is 0.385 e. The first-order chi connectivity index (χ1) is 16.9. The smallest absolute Gasteiger partial charge is 0.261 e. The molecule has 182 valence electrons. The lowest BCUT2D eigenvalue weighted by Gasteiger charge is -2.20. The summed E-state index contributed by atoms with van der Waals surface area (Å²) in [6.45, 7) is 3.95. The van der Waals surface area contributed by atoms with Crippen LogP contribution in [0.15, 0.2) is 83.8 Å². The number of benzene rings is 3. The molecule has 0 fully saturated rings. The minimum absolute atomic E-state index is 0.110. The zero-order chi connectivity index (χ0) is 24.8. The van der Waals surface area contributed by atoms with Gasteiger partial charge in [0.2, 0.25) is 10.0 Å². The van der Waals surface area contributed by atoms with Gasteiger partial charge in [0.1, 0.15) is 11.0 Å². The average molecular weight is 494 g/mol. The van der Waals surface area contributed by atoms with Gasteiger partial charge in [-0.2, -0.15) is 4.31 Å². The second kappa shape index (κ2) is 10.7. The maximum atomic E-state index is 12.9. The Morgan fingerprint density at radius 1 is 0.971 bits per heavy atom. The summed E-state index contributed by atoms with van der Waals surface area (Å²) >= 11 is 0. The van der Waals surface area contributed by atoms with E-state index in [-0.39, 0.29) is 23.5 Å². The van der Waals surface area contributed by atoms with Crippen molar-refractivity contribution in [2.45, 2.75) is 24.8 Å². The molecular weight excluding hydrogens is 466 g/mol. The number of nitrogens with zero attached hydrogens (tertiary/aromatic N) is 4. The second-order valence-electron chi connectivity index (χ2n) is 7.80. The Hall–Kier alpha value is -3.76. The lowest BCUT2D eigenvalue weighted by Crippen LogP contribution is -2.35. The Bertz CT molecular complexity index is 1350. The number of hydrogen-bond donors (Lipinski definition) is 1. The summed E-state index contributed by atoms with van der Waals surface area (Å²) in [5.74, 6) is -0.363. The van der Waals surface area contributed by atoms with Gasteiger partial charge in [0.25, 0.3) is 5.91 Å². The quantitative estimate of drug-likeness (QED) is 0.364. The molecule has 1 heterocycles. The summed E-state index contributed by atoms with van der Waals surface area (Å²) in [4.78, 5) is 19.6. The molecule has 0 saturated carbocycles. The fourth-order valence-electron chi connectivity index (χ4n) is 3.82. The van der Waals surface area contributed by atoms with E-state index in [1.165, 1.54) is 16.4 Å². The number of hydrogen-bond acceptors (Lipinski definition) is 6. The molecule has 4 rings (SSSR count). The summed E-state index contributed by atoms with van der Waals surface area (Å²) in [7, 11) is -3.67. The molecule has 9 nitrogen and oxygen atoms in total. The molecule has 0 radical (unpaired) electrons. The highest BCUT2D eigenvalue weighted by Gasteiger charge is 2.23. The van der Waals surface area contributed by atoms with E-state index in [2.05, 4.69) is 15.6 Å². The first kappa shape index (κ1) is 24.4. The first-order valence-electron chi connectivity index (χ1n) is 11.3. The summed E-state index contributed by atoms with van der Waals surface area (Å²) in [5.41, 5.74) is 2.68. The van der Waals surface area contributed by atoms with Crippen molar-refractivity contribution in [1.29, 1.82) is 0 Å². The van der Waals surface area contributed by atoms with E-state index in [0.29, 0.717) is 24.1 Å². The minimum Gasteiger partial charge on any atom is -0.385 e. The topological polar surface area (TPSA) is 106 Å². The summed E-state index contributed by atoms with van der Waals surface area (Å²) in [6.07, 6.45) is 0. The van der Waals surface area contributed by atoms with E-state index in [9.17, 15) is 13.2 Å². The summed E-state index contributed by atoms with van der Waals surface area (Å²) in [5, 5.41) is 10.9. The summed E-state index contributed by atoms with van der Waals surface area (Å²) in [6, 6.07) is 23.4. The molecule has 0 atom stereocenters. The number of amides is 1. The standard InChI is InChI=1S/C25H27N5O4S/c1-3-29(4-2)35(32,33)21-15-16-22-23(17-21)30(28-27-22)34-18-24(31)26-25(19-11-7-5-8-12-19)20-13-9-6-10-14-20/h5-17,25H,3-4,18H2,1-2H3,(H,26,31). The number of rotatable bonds is 10. The van der Waals surface area contributed by atoms with Gasteiger partial charge in [-0.15, -0.1) is 5.10 Å². The Morgan fingerprint density at radius 2 is 1.57 bits per heavy atom. The molecule has 1 aromatic heterocycles. The number of sulfonamides is 1. The van der Waals surface area contributed by atoms with Crippen LogP contribution in [0.4, 0.5) is 0 Å². The van der Waals surface area contributed by atoms with E-state index in [1.54, 1.807) is 19.9 Å². The highest BCUT2D eigenvalue weighted by Crippen LogP contribution is 2.22. The van der Waals surface area contributed by atoms with E-state index < -0.39 is 10.0 Å². The van der Waals surface area contributed by atoms with E-state index in [4.69, 9.17) is 4.84 Å². The molecule has 1 N–H and O–H groups in total. The molecule has 0 bridgehead atoms. The molecular formula is C25H27N5O4S. The second-order valence-corrected chi connectivity index (χ2v) is 9.74. The van der Waals surface area contributed by atoms with Gasteiger partial charge in [-0.3, -0.25) is 4.79 Å².